The highest BCUT2D eigenvalue weighted by molar-refractivity contribution is 8.00. The summed E-state index contributed by atoms with van der Waals surface area (Å²) in [5.74, 6) is 0.680. The lowest BCUT2D eigenvalue weighted by atomic mass is 9.76. The van der Waals surface area contributed by atoms with Gasteiger partial charge < -0.3 is 10.8 Å². The number of hydrogen-bond acceptors (Lipinski definition) is 4. The summed E-state index contributed by atoms with van der Waals surface area (Å²) in [5, 5.41) is 8.74. The van der Waals surface area contributed by atoms with Gasteiger partial charge in [-0.1, -0.05) is 6.92 Å². The third-order valence-corrected chi connectivity index (χ3v) is 5.41. The molecule has 0 amide bonds. The number of nitrogens with two attached hydrogens (primary N) is 1. The van der Waals surface area contributed by atoms with Crippen LogP contribution in [0.4, 0.5) is 0 Å². The molecule has 3 N–H and O–H groups in total. The van der Waals surface area contributed by atoms with Gasteiger partial charge in [0.2, 0.25) is 0 Å². The standard InChI is InChI=1S/C14H25NO3S/c1-9-4-5-10(12(16)8-9)14(2,3)19-7-6-11(15)13(17)18/h9-11H,4-8,15H2,1-3H3,(H,17,18)/t9-,10-,11?/m1/s1. The molecule has 110 valence electrons. The van der Waals surface area contributed by atoms with Gasteiger partial charge in [0, 0.05) is 17.1 Å². The van der Waals surface area contributed by atoms with Gasteiger partial charge in [-0.15, -0.1) is 0 Å². The summed E-state index contributed by atoms with van der Waals surface area (Å²) in [4.78, 5) is 22.8. The van der Waals surface area contributed by atoms with Gasteiger partial charge in [-0.3, -0.25) is 9.59 Å². The minimum Gasteiger partial charge on any atom is -0.480 e. The zero-order valence-electron chi connectivity index (χ0n) is 12.0. The van der Waals surface area contributed by atoms with E-state index >= 15 is 0 Å². The Morgan fingerprint density at radius 2 is 2.16 bits per heavy atom. The van der Waals surface area contributed by atoms with Gasteiger partial charge in [0.05, 0.1) is 0 Å². The lowest BCUT2D eigenvalue weighted by Crippen LogP contribution is -2.39. The third kappa shape index (κ3) is 4.80. The van der Waals surface area contributed by atoms with Crippen molar-refractivity contribution in [1.82, 2.24) is 0 Å². The topological polar surface area (TPSA) is 80.4 Å². The third-order valence-electron chi connectivity index (χ3n) is 3.95. The molecule has 19 heavy (non-hydrogen) atoms. The average Bonchev–Trinajstić information content (AvgIpc) is 2.27. The predicted octanol–water partition coefficient (Wildman–Crippen LogP) is 2.31. The fourth-order valence-electron chi connectivity index (χ4n) is 2.61. The first-order chi connectivity index (χ1) is 8.74. The summed E-state index contributed by atoms with van der Waals surface area (Å²) >= 11 is 1.67. The number of hydrogen-bond donors (Lipinski definition) is 2. The molecule has 0 bridgehead atoms. The van der Waals surface area contributed by atoms with E-state index in [-0.39, 0.29) is 10.7 Å². The second-order valence-corrected chi connectivity index (χ2v) is 7.84. The number of Topliss-reactive ketones (excluding diaryl/α,β-unsaturated/α-hetero) is 1. The van der Waals surface area contributed by atoms with Crippen LogP contribution in [0.3, 0.4) is 0 Å². The van der Waals surface area contributed by atoms with Crippen LogP contribution in [0, 0.1) is 11.8 Å². The lowest BCUT2D eigenvalue weighted by Gasteiger charge is -2.37. The summed E-state index contributed by atoms with van der Waals surface area (Å²) in [5.41, 5.74) is 5.49. The summed E-state index contributed by atoms with van der Waals surface area (Å²) in [6.07, 6.45) is 3.18. The molecule has 1 aliphatic carbocycles. The first-order valence-electron chi connectivity index (χ1n) is 6.89. The fraction of sp³-hybridized carbons (Fsp3) is 0.857. The van der Waals surface area contributed by atoms with Crippen LogP contribution in [0.2, 0.25) is 0 Å². The summed E-state index contributed by atoms with van der Waals surface area (Å²) in [6, 6.07) is -0.801. The second kappa shape index (κ2) is 6.75. The van der Waals surface area contributed by atoms with Crippen molar-refractivity contribution >= 4 is 23.5 Å². The molecule has 1 saturated carbocycles. The van der Waals surface area contributed by atoms with Crippen LogP contribution >= 0.6 is 11.8 Å². The summed E-state index contributed by atoms with van der Waals surface area (Å²) < 4.78 is -0.130. The quantitative estimate of drug-likeness (QED) is 0.783. The molecule has 1 unspecified atom stereocenters. The van der Waals surface area contributed by atoms with Gasteiger partial charge >= 0.3 is 5.97 Å². The smallest absolute Gasteiger partial charge is 0.320 e. The minimum absolute atomic E-state index is 0.0924. The van der Waals surface area contributed by atoms with Crippen molar-refractivity contribution in [3.8, 4) is 0 Å². The Morgan fingerprint density at radius 1 is 1.53 bits per heavy atom. The van der Waals surface area contributed by atoms with Crippen molar-refractivity contribution in [3.63, 3.8) is 0 Å². The van der Waals surface area contributed by atoms with E-state index in [0.717, 1.165) is 12.8 Å². The van der Waals surface area contributed by atoms with E-state index in [1.807, 2.05) is 0 Å². The zero-order chi connectivity index (χ0) is 14.6. The molecule has 5 heteroatoms. The number of carboxylic acid groups (broad SMARTS) is 1. The van der Waals surface area contributed by atoms with Crippen molar-refractivity contribution in [1.29, 1.82) is 0 Å². The number of aliphatic carboxylic acids is 1. The Bertz CT molecular complexity index is 344. The van der Waals surface area contributed by atoms with Crippen LogP contribution in [-0.4, -0.2) is 33.4 Å². The van der Waals surface area contributed by atoms with Crippen LogP contribution in [0.1, 0.15) is 46.5 Å². The second-order valence-electron chi connectivity index (χ2n) is 6.09. The molecule has 1 aliphatic rings. The number of carboxylic acids is 1. The van der Waals surface area contributed by atoms with Gasteiger partial charge in [-0.25, -0.2) is 0 Å². The van der Waals surface area contributed by atoms with E-state index < -0.39 is 12.0 Å². The Hall–Kier alpha value is -0.550. The van der Waals surface area contributed by atoms with Crippen LogP contribution in [0.15, 0.2) is 0 Å². The van der Waals surface area contributed by atoms with E-state index in [9.17, 15) is 9.59 Å². The molecule has 0 radical (unpaired) electrons. The first kappa shape index (κ1) is 16.5. The lowest BCUT2D eigenvalue weighted by molar-refractivity contribution is -0.138. The normalized spacial score (nSPS) is 26.2. The molecular formula is C14H25NO3S. The van der Waals surface area contributed by atoms with Crippen molar-refractivity contribution < 1.29 is 14.7 Å². The number of carbonyl (C=O) groups excluding carboxylic acids is 1. The van der Waals surface area contributed by atoms with Crippen molar-refractivity contribution in [2.45, 2.75) is 57.2 Å². The Balaban J connectivity index is 2.47. The molecule has 0 aliphatic heterocycles. The number of rotatable bonds is 6. The van der Waals surface area contributed by atoms with E-state index in [4.69, 9.17) is 10.8 Å². The molecule has 0 aromatic rings. The molecule has 3 atom stereocenters. The monoisotopic (exact) mass is 287 g/mol. The van der Waals surface area contributed by atoms with Crippen molar-refractivity contribution in [3.05, 3.63) is 0 Å². The molecule has 0 spiro atoms. The Kier molecular flexibility index (Phi) is 5.86. The summed E-state index contributed by atoms with van der Waals surface area (Å²) in [6.45, 7) is 6.30. The maximum Gasteiger partial charge on any atom is 0.320 e. The van der Waals surface area contributed by atoms with Gasteiger partial charge in [-0.2, -0.15) is 11.8 Å². The first-order valence-corrected chi connectivity index (χ1v) is 7.87. The molecule has 4 nitrogen and oxygen atoms in total. The maximum absolute atomic E-state index is 12.1. The maximum atomic E-state index is 12.1. The van der Waals surface area contributed by atoms with E-state index in [2.05, 4.69) is 20.8 Å². The average molecular weight is 287 g/mol. The fourth-order valence-corrected chi connectivity index (χ4v) is 3.96. The largest absolute Gasteiger partial charge is 0.480 e. The van der Waals surface area contributed by atoms with E-state index in [0.29, 0.717) is 30.3 Å². The minimum atomic E-state index is -0.957. The highest BCUT2D eigenvalue weighted by Gasteiger charge is 2.38. The van der Waals surface area contributed by atoms with Gasteiger partial charge in [-0.05, 0) is 44.8 Å². The number of ketones is 1. The molecule has 0 aromatic carbocycles. The molecule has 1 fully saturated rings. The van der Waals surface area contributed by atoms with Crippen LogP contribution in [-0.2, 0) is 9.59 Å². The Morgan fingerprint density at radius 3 is 2.68 bits per heavy atom. The van der Waals surface area contributed by atoms with Crippen molar-refractivity contribution in [2.24, 2.45) is 17.6 Å². The van der Waals surface area contributed by atoms with Crippen molar-refractivity contribution in [2.75, 3.05) is 5.75 Å². The molecule has 0 heterocycles. The van der Waals surface area contributed by atoms with Crippen LogP contribution < -0.4 is 5.73 Å². The van der Waals surface area contributed by atoms with Gasteiger partial charge in [0.15, 0.2) is 0 Å². The molecule has 0 aromatic heterocycles. The zero-order valence-corrected chi connectivity index (χ0v) is 12.8. The summed E-state index contributed by atoms with van der Waals surface area (Å²) in [7, 11) is 0. The molecule has 1 rings (SSSR count). The van der Waals surface area contributed by atoms with E-state index in [1.165, 1.54) is 0 Å². The van der Waals surface area contributed by atoms with Gasteiger partial charge in [0.25, 0.3) is 0 Å². The Labute approximate surface area is 119 Å². The molecular weight excluding hydrogens is 262 g/mol. The highest BCUT2D eigenvalue weighted by atomic mass is 32.2. The SMILES string of the molecule is C[C@@H]1CC[C@@H](C(C)(C)SCCC(N)C(=O)O)C(=O)C1. The van der Waals surface area contributed by atoms with Crippen LogP contribution in [0.25, 0.3) is 0 Å². The van der Waals surface area contributed by atoms with E-state index in [1.54, 1.807) is 11.8 Å². The van der Waals surface area contributed by atoms with Crippen LogP contribution in [0.5, 0.6) is 0 Å². The number of carbonyl (C=O) groups is 2. The molecule has 0 saturated heterocycles. The highest BCUT2D eigenvalue weighted by Crippen LogP contribution is 2.40. The number of thioether (sulfide) groups is 1. The predicted molar refractivity (Wildman–Crippen MR) is 78.3 cm³/mol. The van der Waals surface area contributed by atoms with Gasteiger partial charge in [0.1, 0.15) is 11.8 Å².